The standard InChI is InChI=1S/C16H23NO/c1-11-8-14(10-17-9-11)16(18)15(12-4-2-5-12)13-6-3-7-13/h8-10,12-13,15-16,18H,2-7H2,1H3. The molecule has 0 spiro atoms. The monoisotopic (exact) mass is 245 g/mol. The maximum Gasteiger partial charge on any atom is 0.0838 e. The second-order valence-electron chi connectivity index (χ2n) is 6.20. The van der Waals surface area contributed by atoms with Crippen LogP contribution in [0.2, 0.25) is 0 Å². The fraction of sp³-hybridized carbons (Fsp3) is 0.688. The fourth-order valence-corrected chi connectivity index (χ4v) is 3.51. The molecule has 18 heavy (non-hydrogen) atoms. The topological polar surface area (TPSA) is 33.1 Å². The number of pyridine rings is 1. The van der Waals surface area contributed by atoms with Crippen molar-refractivity contribution >= 4 is 0 Å². The summed E-state index contributed by atoms with van der Waals surface area (Å²) < 4.78 is 0. The van der Waals surface area contributed by atoms with Crippen molar-refractivity contribution in [3.63, 3.8) is 0 Å². The largest absolute Gasteiger partial charge is 0.388 e. The lowest BCUT2D eigenvalue weighted by molar-refractivity contribution is -0.0193. The molecule has 0 amide bonds. The van der Waals surface area contributed by atoms with Gasteiger partial charge in [0.2, 0.25) is 0 Å². The van der Waals surface area contributed by atoms with Gasteiger partial charge in [-0.3, -0.25) is 4.98 Å². The Kier molecular flexibility index (Phi) is 3.38. The molecule has 0 aliphatic heterocycles. The predicted octanol–water partition coefficient (Wildman–Crippen LogP) is 3.64. The molecule has 0 aromatic carbocycles. The van der Waals surface area contributed by atoms with E-state index in [9.17, 15) is 5.11 Å². The van der Waals surface area contributed by atoms with Crippen molar-refractivity contribution in [3.05, 3.63) is 29.6 Å². The molecular weight excluding hydrogens is 222 g/mol. The van der Waals surface area contributed by atoms with Crippen LogP contribution < -0.4 is 0 Å². The van der Waals surface area contributed by atoms with Gasteiger partial charge in [-0.05, 0) is 35.8 Å². The van der Waals surface area contributed by atoms with Crippen molar-refractivity contribution < 1.29 is 5.11 Å². The zero-order valence-electron chi connectivity index (χ0n) is 11.2. The van der Waals surface area contributed by atoms with E-state index < -0.39 is 0 Å². The van der Waals surface area contributed by atoms with Gasteiger partial charge in [0.05, 0.1) is 6.10 Å². The number of aromatic nitrogens is 1. The summed E-state index contributed by atoms with van der Waals surface area (Å²) in [6, 6.07) is 2.10. The van der Waals surface area contributed by atoms with Gasteiger partial charge in [-0.1, -0.05) is 44.6 Å². The molecule has 2 heteroatoms. The van der Waals surface area contributed by atoms with E-state index >= 15 is 0 Å². The summed E-state index contributed by atoms with van der Waals surface area (Å²) in [6.45, 7) is 2.05. The van der Waals surface area contributed by atoms with Gasteiger partial charge in [0.25, 0.3) is 0 Å². The minimum Gasteiger partial charge on any atom is -0.388 e. The van der Waals surface area contributed by atoms with Gasteiger partial charge in [-0.2, -0.15) is 0 Å². The number of aliphatic hydroxyl groups is 1. The van der Waals surface area contributed by atoms with E-state index in [4.69, 9.17) is 0 Å². The zero-order valence-corrected chi connectivity index (χ0v) is 11.2. The number of hydrogen-bond acceptors (Lipinski definition) is 2. The average Bonchev–Trinajstić information content (AvgIpc) is 2.22. The van der Waals surface area contributed by atoms with E-state index in [2.05, 4.69) is 11.1 Å². The van der Waals surface area contributed by atoms with Crippen molar-refractivity contribution in [2.45, 2.75) is 51.6 Å². The molecule has 1 N–H and O–H groups in total. The molecule has 1 unspecified atom stereocenters. The van der Waals surface area contributed by atoms with Crippen LogP contribution in [0.3, 0.4) is 0 Å². The molecule has 1 heterocycles. The molecule has 1 atom stereocenters. The molecule has 2 aliphatic rings. The smallest absolute Gasteiger partial charge is 0.0838 e. The number of aliphatic hydroxyl groups excluding tert-OH is 1. The summed E-state index contributed by atoms with van der Waals surface area (Å²) >= 11 is 0. The summed E-state index contributed by atoms with van der Waals surface area (Å²) in [4.78, 5) is 4.23. The van der Waals surface area contributed by atoms with E-state index in [0.717, 1.165) is 23.0 Å². The van der Waals surface area contributed by atoms with Gasteiger partial charge in [0, 0.05) is 12.4 Å². The summed E-state index contributed by atoms with van der Waals surface area (Å²) in [6.07, 6.45) is 11.4. The summed E-state index contributed by atoms with van der Waals surface area (Å²) in [5.74, 6) is 1.99. The van der Waals surface area contributed by atoms with Crippen molar-refractivity contribution in [2.24, 2.45) is 17.8 Å². The highest BCUT2D eigenvalue weighted by Gasteiger charge is 2.40. The first-order chi connectivity index (χ1) is 8.75. The Bertz CT molecular complexity index is 395. The molecule has 0 saturated heterocycles. The average molecular weight is 245 g/mol. The number of rotatable bonds is 4. The highest BCUT2D eigenvalue weighted by molar-refractivity contribution is 5.20. The molecular formula is C16H23NO. The second kappa shape index (κ2) is 5.00. The molecule has 2 aliphatic carbocycles. The van der Waals surface area contributed by atoms with Crippen molar-refractivity contribution in [3.8, 4) is 0 Å². The molecule has 98 valence electrons. The minimum absolute atomic E-state index is 0.298. The molecule has 0 bridgehead atoms. The van der Waals surface area contributed by atoms with Gasteiger partial charge in [0.1, 0.15) is 0 Å². The molecule has 2 nitrogen and oxygen atoms in total. The normalized spacial score (nSPS) is 22.6. The Hall–Kier alpha value is -0.890. The van der Waals surface area contributed by atoms with Gasteiger partial charge >= 0.3 is 0 Å². The quantitative estimate of drug-likeness (QED) is 0.878. The summed E-state index contributed by atoms with van der Waals surface area (Å²) in [5, 5.41) is 10.7. The van der Waals surface area contributed by atoms with Crippen LogP contribution in [0.15, 0.2) is 18.5 Å². The predicted molar refractivity (Wildman–Crippen MR) is 72.1 cm³/mol. The van der Waals surface area contributed by atoms with Gasteiger partial charge < -0.3 is 5.11 Å². The second-order valence-corrected chi connectivity index (χ2v) is 6.20. The third-order valence-electron chi connectivity index (χ3n) is 4.99. The maximum absolute atomic E-state index is 10.7. The van der Waals surface area contributed by atoms with Gasteiger partial charge in [-0.15, -0.1) is 0 Å². The van der Waals surface area contributed by atoms with Crippen LogP contribution in [0.5, 0.6) is 0 Å². The van der Waals surface area contributed by atoms with Crippen LogP contribution >= 0.6 is 0 Å². The lowest BCUT2D eigenvalue weighted by Crippen LogP contribution is -2.36. The van der Waals surface area contributed by atoms with Crippen LogP contribution in [0.1, 0.15) is 55.8 Å². The molecule has 2 saturated carbocycles. The Morgan fingerprint density at radius 2 is 1.72 bits per heavy atom. The number of aryl methyl sites for hydroxylation is 1. The van der Waals surface area contributed by atoms with E-state index in [1.54, 1.807) is 0 Å². The van der Waals surface area contributed by atoms with Crippen molar-refractivity contribution in [1.29, 1.82) is 0 Å². The molecule has 3 rings (SSSR count). The Balaban J connectivity index is 1.80. The SMILES string of the molecule is Cc1cncc(C(O)C(C2CCC2)C2CCC2)c1. The molecule has 1 aromatic heterocycles. The third kappa shape index (κ3) is 2.18. The van der Waals surface area contributed by atoms with Gasteiger partial charge in [0.15, 0.2) is 0 Å². The Labute approximate surface area is 109 Å². The van der Waals surface area contributed by atoms with Crippen LogP contribution in [0.4, 0.5) is 0 Å². The highest BCUT2D eigenvalue weighted by atomic mass is 16.3. The number of hydrogen-bond donors (Lipinski definition) is 1. The van der Waals surface area contributed by atoms with Crippen LogP contribution in [0, 0.1) is 24.7 Å². The Morgan fingerprint density at radius 1 is 1.11 bits per heavy atom. The lowest BCUT2D eigenvalue weighted by atomic mass is 9.62. The fourth-order valence-electron chi connectivity index (χ4n) is 3.51. The first-order valence-electron chi connectivity index (χ1n) is 7.35. The number of nitrogens with zero attached hydrogens (tertiary/aromatic N) is 1. The van der Waals surface area contributed by atoms with Crippen molar-refractivity contribution in [2.75, 3.05) is 0 Å². The van der Waals surface area contributed by atoms with E-state index in [0.29, 0.717) is 5.92 Å². The van der Waals surface area contributed by atoms with Crippen molar-refractivity contribution in [1.82, 2.24) is 4.98 Å². The maximum atomic E-state index is 10.7. The lowest BCUT2D eigenvalue weighted by Gasteiger charge is -2.45. The zero-order chi connectivity index (χ0) is 12.5. The van der Waals surface area contributed by atoms with E-state index in [-0.39, 0.29) is 6.10 Å². The summed E-state index contributed by atoms with van der Waals surface area (Å²) in [5.41, 5.74) is 2.17. The third-order valence-corrected chi connectivity index (χ3v) is 4.99. The summed E-state index contributed by atoms with van der Waals surface area (Å²) in [7, 11) is 0. The molecule has 0 radical (unpaired) electrons. The highest BCUT2D eigenvalue weighted by Crippen LogP contribution is 2.49. The molecule has 1 aromatic rings. The van der Waals surface area contributed by atoms with E-state index in [1.165, 1.54) is 38.5 Å². The first-order valence-corrected chi connectivity index (χ1v) is 7.35. The van der Waals surface area contributed by atoms with Crippen LogP contribution in [0.25, 0.3) is 0 Å². The van der Waals surface area contributed by atoms with Crippen LogP contribution in [-0.4, -0.2) is 10.1 Å². The Morgan fingerprint density at radius 3 is 2.17 bits per heavy atom. The first kappa shape index (κ1) is 12.2. The van der Waals surface area contributed by atoms with Crippen LogP contribution in [-0.2, 0) is 0 Å². The van der Waals surface area contributed by atoms with E-state index in [1.807, 2.05) is 19.3 Å². The molecule has 2 fully saturated rings. The minimum atomic E-state index is -0.298. The van der Waals surface area contributed by atoms with Gasteiger partial charge in [-0.25, -0.2) is 0 Å².